The molecule has 6 heterocycles. The fraction of sp³-hybridized carbons (Fsp3) is 0. The minimum atomic E-state index is 0.546. The fourth-order valence-electron chi connectivity index (χ4n) is 12.8. The Morgan fingerprint density at radius 1 is 0.277 bits per heavy atom. The van der Waals surface area contributed by atoms with E-state index in [0.29, 0.717) is 17.5 Å². The van der Waals surface area contributed by atoms with Crippen molar-refractivity contribution in [1.82, 2.24) is 19.5 Å². The molecule has 0 saturated carbocycles. The van der Waals surface area contributed by atoms with Crippen LogP contribution in [0, 0.1) is 0 Å². The first-order chi connectivity index (χ1) is 41.1. The monoisotopic (exact) mass is 1090 g/mol. The number of aromatic nitrogens is 4. The number of nitrogens with zero attached hydrogens (tertiary/aromatic N) is 4. The molecule has 386 valence electrons. The number of thiophene rings is 2. The first-order valence-corrected chi connectivity index (χ1v) is 29.4. The normalized spacial score (nSPS) is 12.1. The summed E-state index contributed by atoms with van der Waals surface area (Å²) in [6.07, 6.45) is 0. The molecule has 0 spiro atoms. The summed E-state index contributed by atoms with van der Waals surface area (Å²) in [7, 11) is 0. The molecular formula is C75H42N4O2S2. The van der Waals surface area contributed by atoms with Crippen LogP contribution < -0.4 is 0 Å². The lowest BCUT2D eigenvalue weighted by molar-refractivity contribution is 0.668. The first kappa shape index (κ1) is 46.3. The van der Waals surface area contributed by atoms with Gasteiger partial charge in [-0.3, -0.25) is 0 Å². The molecule has 0 amide bonds. The van der Waals surface area contributed by atoms with Crippen LogP contribution in [0.4, 0.5) is 0 Å². The smallest absolute Gasteiger partial charge is 0.164 e. The van der Waals surface area contributed by atoms with Gasteiger partial charge in [-0.1, -0.05) is 152 Å². The standard InChI is InChI=1S/C75H42N4O2S2/c1-3-15-43(16-4-1)73-76-74(47-30-34-53-52-33-29-46(41-65(52)81-66(53)42-47)50-22-14-28-69-71(50)55-21-9-12-27-68(55)82-69)78-75(77-73)56-23-13-25-64-70(56)60-37-44(32-36-63(60)80-64)48-39-57(72-59(40-48)54-20-8-11-26-67(54)83-72)45-31-35-62-58(38-45)51-19-7-10-24-61(51)79(62)49-17-5-2-6-18-49/h1-42H. The van der Waals surface area contributed by atoms with E-state index in [-0.39, 0.29) is 0 Å². The summed E-state index contributed by atoms with van der Waals surface area (Å²) in [5.74, 6) is 1.67. The zero-order chi connectivity index (χ0) is 54.3. The van der Waals surface area contributed by atoms with Crippen LogP contribution in [-0.2, 0) is 0 Å². The molecule has 6 aromatic heterocycles. The molecule has 18 rings (SSSR count). The van der Waals surface area contributed by atoms with E-state index in [2.05, 4.69) is 217 Å². The van der Waals surface area contributed by atoms with Gasteiger partial charge in [-0.2, -0.15) is 0 Å². The van der Waals surface area contributed by atoms with E-state index in [1.807, 2.05) is 65.1 Å². The number of hydrogen-bond donors (Lipinski definition) is 0. The Morgan fingerprint density at radius 3 is 1.71 bits per heavy atom. The molecule has 0 radical (unpaired) electrons. The van der Waals surface area contributed by atoms with Crippen LogP contribution in [0.1, 0.15) is 0 Å². The summed E-state index contributed by atoms with van der Waals surface area (Å²) in [5.41, 5.74) is 16.1. The molecule has 0 unspecified atom stereocenters. The highest BCUT2D eigenvalue weighted by Crippen LogP contribution is 2.47. The van der Waals surface area contributed by atoms with E-state index in [1.165, 1.54) is 78.8 Å². The lowest BCUT2D eigenvalue weighted by atomic mass is 9.94. The summed E-state index contributed by atoms with van der Waals surface area (Å²) in [5, 5.41) is 11.5. The quantitative estimate of drug-likeness (QED) is 0.159. The van der Waals surface area contributed by atoms with E-state index < -0.39 is 0 Å². The Bertz CT molecular complexity index is 5710. The molecule has 0 aliphatic heterocycles. The SMILES string of the molecule is c1ccc(-c2nc(-c3ccc4c(c3)oc3cc(-c5cccc6sc7ccccc7c56)ccc34)nc(-c3cccc4oc5ccc(-c6cc(-c7ccc8c(c7)c7ccccc7n8-c7ccccc7)c7sc8ccccc8c7c6)cc5c34)n2)cc1. The van der Waals surface area contributed by atoms with Crippen LogP contribution >= 0.6 is 22.7 Å². The third-order valence-electron chi connectivity index (χ3n) is 16.7. The summed E-state index contributed by atoms with van der Waals surface area (Å²) in [6, 6.07) is 90.9. The summed E-state index contributed by atoms with van der Waals surface area (Å²) in [4.78, 5) is 15.8. The van der Waals surface area contributed by atoms with Crippen molar-refractivity contribution in [2.24, 2.45) is 0 Å². The lowest BCUT2D eigenvalue weighted by Gasteiger charge is -2.11. The molecule has 0 saturated heterocycles. The third-order valence-corrected chi connectivity index (χ3v) is 19.0. The molecule has 18 aromatic rings. The van der Waals surface area contributed by atoms with Gasteiger partial charge in [-0.25, -0.2) is 15.0 Å². The Balaban J connectivity index is 0.778. The number of benzene rings is 12. The topological polar surface area (TPSA) is 69.9 Å². The number of fused-ring (bicyclic) bond motifs is 15. The van der Waals surface area contributed by atoms with Gasteiger partial charge in [0.05, 0.1) is 11.0 Å². The highest BCUT2D eigenvalue weighted by molar-refractivity contribution is 7.26. The van der Waals surface area contributed by atoms with Gasteiger partial charge in [-0.05, 0) is 131 Å². The molecule has 0 bridgehead atoms. The molecule has 8 heteroatoms. The molecule has 6 nitrogen and oxygen atoms in total. The highest BCUT2D eigenvalue weighted by atomic mass is 32.1. The maximum absolute atomic E-state index is 6.77. The van der Waals surface area contributed by atoms with Gasteiger partial charge in [0.25, 0.3) is 0 Å². The van der Waals surface area contributed by atoms with Crippen molar-refractivity contribution in [1.29, 1.82) is 0 Å². The van der Waals surface area contributed by atoms with Crippen molar-refractivity contribution in [2.45, 2.75) is 0 Å². The van der Waals surface area contributed by atoms with Crippen LogP contribution in [0.2, 0.25) is 0 Å². The molecule has 0 aliphatic carbocycles. The Hall–Kier alpha value is -10.5. The van der Waals surface area contributed by atoms with Crippen molar-refractivity contribution < 1.29 is 8.83 Å². The van der Waals surface area contributed by atoms with Gasteiger partial charge in [0.15, 0.2) is 17.5 Å². The molecule has 0 fully saturated rings. The van der Waals surface area contributed by atoms with E-state index in [9.17, 15) is 0 Å². The predicted molar refractivity (Wildman–Crippen MR) is 347 cm³/mol. The average molecular weight is 1100 g/mol. The van der Waals surface area contributed by atoms with Crippen molar-refractivity contribution in [3.05, 3.63) is 255 Å². The number of hydrogen-bond acceptors (Lipinski definition) is 7. The molecule has 0 atom stereocenters. The zero-order valence-corrected chi connectivity index (χ0v) is 45.8. The van der Waals surface area contributed by atoms with Gasteiger partial charge >= 0.3 is 0 Å². The van der Waals surface area contributed by atoms with Crippen LogP contribution in [0.25, 0.3) is 179 Å². The van der Waals surface area contributed by atoms with Crippen LogP contribution in [0.15, 0.2) is 264 Å². The van der Waals surface area contributed by atoms with E-state index in [4.69, 9.17) is 23.8 Å². The lowest BCUT2D eigenvalue weighted by Crippen LogP contribution is -2.00. The average Bonchev–Trinajstić information content (AvgIpc) is 3.58. The van der Waals surface area contributed by atoms with Gasteiger partial charge in [0, 0.05) is 101 Å². The second-order valence-electron chi connectivity index (χ2n) is 21.4. The molecule has 12 aromatic carbocycles. The maximum Gasteiger partial charge on any atom is 0.164 e. The van der Waals surface area contributed by atoms with Gasteiger partial charge in [0.2, 0.25) is 0 Å². The van der Waals surface area contributed by atoms with Crippen molar-refractivity contribution in [2.75, 3.05) is 0 Å². The summed E-state index contributed by atoms with van der Waals surface area (Å²) in [6.45, 7) is 0. The van der Waals surface area contributed by atoms with E-state index in [1.54, 1.807) is 0 Å². The molecule has 83 heavy (non-hydrogen) atoms. The second kappa shape index (κ2) is 18.0. The van der Waals surface area contributed by atoms with Gasteiger partial charge in [0.1, 0.15) is 22.3 Å². The Kier molecular flexibility index (Phi) is 10.0. The molecular weight excluding hydrogens is 1050 g/mol. The fourth-order valence-corrected chi connectivity index (χ4v) is 15.2. The van der Waals surface area contributed by atoms with Crippen LogP contribution in [-0.4, -0.2) is 19.5 Å². The second-order valence-corrected chi connectivity index (χ2v) is 23.5. The minimum absolute atomic E-state index is 0.546. The maximum atomic E-state index is 6.77. The van der Waals surface area contributed by atoms with E-state index >= 15 is 0 Å². The van der Waals surface area contributed by atoms with Crippen molar-refractivity contribution >= 4 is 129 Å². The van der Waals surface area contributed by atoms with Crippen LogP contribution in [0.3, 0.4) is 0 Å². The molecule has 0 N–H and O–H groups in total. The van der Waals surface area contributed by atoms with E-state index in [0.717, 1.165) is 82.9 Å². The number of furan rings is 2. The van der Waals surface area contributed by atoms with Crippen molar-refractivity contribution in [3.63, 3.8) is 0 Å². The third kappa shape index (κ3) is 7.23. The summed E-state index contributed by atoms with van der Waals surface area (Å²) < 4.78 is 21.0. The Morgan fingerprint density at radius 2 is 0.867 bits per heavy atom. The van der Waals surface area contributed by atoms with Crippen LogP contribution in [0.5, 0.6) is 0 Å². The van der Waals surface area contributed by atoms with Gasteiger partial charge < -0.3 is 13.4 Å². The largest absolute Gasteiger partial charge is 0.456 e. The first-order valence-electron chi connectivity index (χ1n) is 27.8. The highest BCUT2D eigenvalue weighted by Gasteiger charge is 2.22. The minimum Gasteiger partial charge on any atom is -0.456 e. The van der Waals surface area contributed by atoms with Gasteiger partial charge in [-0.15, -0.1) is 22.7 Å². The number of rotatable bonds is 7. The zero-order valence-electron chi connectivity index (χ0n) is 44.2. The predicted octanol–water partition coefficient (Wildman–Crippen LogP) is 21.5. The summed E-state index contributed by atoms with van der Waals surface area (Å²) >= 11 is 3.69. The molecule has 0 aliphatic rings. The Labute approximate surface area is 482 Å². The number of para-hydroxylation sites is 2. The van der Waals surface area contributed by atoms with Crippen molar-refractivity contribution in [3.8, 4) is 73.2 Å².